The molecule has 0 amide bonds. The molecule has 5 heteroatoms. The van der Waals surface area contributed by atoms with Gasteiger partial charge in [-0.25, -0.2) is 0 Å². The Labute approximate surface area is 173 Å². The molecule has 0 bridgehead atoms. The van der Waals surface area contributed by atoms with Gasteiger partial charge in [-0.15, -0.1) is 11.6 Å². The fourth-order valence-corrected chi connectivity index (χ4v) is 8.17. The number of carbonyl (C=O) groups is 3. The summed E-state index contributed by atoms with van der Waals surface area (Å²) < 4.78 is 5.99. The molecule has 0 aromatic carbocycles. The van der Waals surface area contributed by atoms with E-state index < -0.39 is 0 Å². The Kier molecular flexibility index (Phi) is 5.17. The van der Waals surface area contributed by atoms with E-state index in [4.69, 9.17) is 16.3 Å². The molecular weight excluding hydrogens is 376 g/mol. The van der Waals surface area contributed by atoms with Crippen LogP contribution in [0.5, 0.6) is 0 Å². The van der Waals surface area contributed by atoms with Gasteiger partial charge in [-0.1, -0.05) is 13.8 Å². The Morgan fingerprint density at radius 2 is 1.89 bits per heavy atom. The molecule has 0 aliphatic heterocycles. The lowest BCUT2D eigenvalue weighted by atomic mass is 9.44. The fourth-order valence-electron chi connectivity index (χ4n) is 8.11. The van der Waals surface area contributed by atoms with Gasteiger partial charge >= 0.3 is 5.97 Å². The van der Waals surface area contributed by atoms with Crippen molar-refractivity contribution in [3.8, 4) is 0 Å². The Morgan fingerprint density at radius 1 is 1.14 bits per heavy atom. The van der Waals surface area contributed by atoms with Gasteiger partial charge in [-0.05, 0) is 74.0 Å². The van der Waals surface area contributed by atoms with Crippen LogP contribution in [0, 0.1) is 40.4 Å². The first kappa shape index (κ1) is 20.4. The molecule has 28 heavy (non-hydrogen) atoms. The van der Waals surface area contributed by atoms with E-state index in [1.165, 1.54) is 0 Å². The van der Waals surface area contributed by atoms with Crippen molar-refractivity contribution in [1.82, 2.24) is 0 Å². The van der Waals surface area contributed by atoms with Gasteiger partial charge in [0.25, 0.3) is 0 Å². The highest BCUT2D eigenvalue weighted by Crippen LogP contribution is 2.67. The quantitative estimate of drug-likeness (QED) is 0.507. The van der Waals surface area contributed by atoms with E-state index in [1.54, 1.807) is 6.92 Å². The van der Waals surface area contributed by atoms with Crippen LogP contribution in [0.4, 0.5) is 0 Å². The topological polar surface area (TPSA) is 60.4 Å². The highest BCUT2D eigenvalue weighted by atomic mass is 35.5. The van der Waals surface area contributed by atoms with Gasteiger partial charge in [0, 0.05) is 24.7 Å². The lowest BCUT2D eigenvalue weighted by Crippen LogP contribution is -2.60. The number of halogens is 1. The van der Waals surface area contributed by atoms with Crippen molar-refractivity contribution in [3.05, 3.63) is 0 Å². The number of alkyl halides is 1. The van der Waals surface area contributed by atoms with Gasteiger partial charge < -0.3 is 4.74 Å². The number of esters is 1. The van der Waals surface area contributed by atoms with Crippen molar-refractivity contribution >= 4 is 29.1 Å². The second-order valence-corrected chi connectivity index (χ2v) is 10.7. The fraction of sp³-hybridized carbons (Fsp3) is 0.870. The van der Waals surface area contributed by atoms with Crippen LogP contribution in [0.2, 0.25) is 0 Å². The number of ketones is 2. The average Bonchev–Trinajstić information content (AvgIpc) is 2.98. The molecule has 4 fully saturated rings. The van der Waals surface area contributed by atoms with Crippen LogP contribution in [0.1, 0.15) is 72.1 Å². The van der Waals surface area contributed by atoms with Crippen LogP contribution >= 0.6 is 11.6 Å². The molecule has 4 nitrogen and oxygen atoms in total. The zero-order chi connectivity index (χ0) is 20.3. The second-order valence-electron chi connectivity index (χ2n) is 10.4. The Balaban J connectivity index is 1.73. The zero-order valence-electron chi connectivity index (χ0n) is 17.3. The lowest BCUT2D eigenvalue weighted by Gasteiger charge is -2.62. The summed E-state index contributed by atoms with van der Waals surface area (Å²) in [5, 5.41) is 0. The van der Waals surface area contributed by atoms with Crippen LogP contribution < -0.4 is 0 Å². The maximum absolute atomic E-state index is 12.4. The highest BCUT2D eigenvalue weighted by molar-refractivity contribution is 6.26. The van der Waals surface area contributed by atoms with E-state index in [2.05, 4.69) is 13.8 Å². The highest BCUT2D eigenvalue weighted by Gasteiger charge is 2.64. The van der Waals surface area contributed by atoms with E-state index in [-0.39, 0.29) is 46.4 Å². The average molecular weight is 409 g/mol. The van der Waals surface area contributed by atoms with Crippen molar-refractivity contribution in [2.24, 2.45) is 40.4 Å². The normalized spacial score (nSPS) is 47.6. The number of fused-ring (bicyclic) bond motifs is 5. The number of Topliss-reactive ketones (excluding diaryl/α,β-unsaturated/α-hetero) is 2. The molecule has 0 radical (unpaired) electrons. The molecule has 0 N–H and O–H groups in total. The lowest BCUT2D eigenvalue weighted by molar-refractivity contribution is -0.193. The summed E-state index contributed by atoms with van der Waals surface area (Å²) in [6.45, 7) is 6.31. The Morgan fingerprint density at radius 3 is 2.57 bits per heavy atom. The van der Waals surface area contributed by atoms with Gasteiger partial charge in [-0.3, -0.25) is 14.4 Å². The van der Waals surface area contributed by atoms with Gasteiger partial charge in [0.15, 0.2) is 0 Å². The van der Waals surface area contributed by atoms with Crippen LogP contribution in [-0.2, 0) is 19.1 Å². The second kappa shape index (κ2) is 7.11. The maximum Gasteiger partial charge on any atom is 0.321 e. The maximum atomic E-state index is 12.4. The first-order valence-corrected chi connectivity index (χ1v) is 11.5. The number of ether oxygens (including phenoxy) is 1. The van der Waals surface area contributed by atoms with Gasteiger partial charge in [0.2, 0.25) is 0 Å². The van der Waals surface area contributed by atoms with Crippen molar-refractivity contribution in [2.75, 3.05) is 5.88 Å². The predicted octanol–water partition coefficient (Wildman–Crippen LogP) is 4.56. The largest absolute Gasteiger partial charge is 0.461 e. The van der Waals surface area contributed by atoms with Crippen molar-refractivity contribution in [1.29, 1.82) is 0 Å². The van der Waals surface area contributed by atoms with Gasteiger partial charge in [-0.2, -0.15) is 0 Å². The van der Waals surface area contributed by atoms with Crippen LogP contribution in [0.15, 0.2) is 0 Å². The molecule has 4 saturated carbocycles. The molecule has 4 aliphatic carbocycles. The molecule has 0 unspecified atom stereocenters. The molecule has 0 spiro atoms. The van der Waals surface area contributed by atoms with Crippen LogP contribution in [0.25, 0.3) is 0 Å². The van der Waals surface area contributed by atoms with E-state index >= 15 is 0 Å². The summed E-state index contributed by atoms with van der Waals surface area (Å²) in [6, 6.07) is 0. The molecule has 0 aromatic heterocycles. The molecule has 8 atom stereocenters. The molecule has 0 heterocycles. The van der Waals surface area contributed by atoms with E-state index in [1.807, 2.05) is 0 Å². The van der Waals surface area contributed by atoms with Crippen molar-refractivity contribution in [2.45, 2.75) is 78.2 Å². The molecule has 156 valence electrons. The Hall–Kier alpha value is -0.900. The standard InChI is InChI=1S/C23H33ClO4/c1-13(25)17-6-7-18-16-5-4-14-10-15(26)8-9-22(14,2)21(16)19(11-23(17,18)3)28-20(27)12-24/h14,16-19,21H,4-12H2,1-3H3/t14-,16-,17+,18-,19-,21+,22-,23+/m0/s1. The summed E-state index contributed by atoms with van der Waals surface area (Å²) in [5.74, 6) is 1.86. The van der Waals surface area contributed by atoms with E-state index in [0.29, 0.717) is 36.4 Å². The summed E-state index contributed by atoms with van der Waals surface area (Å²) in [7, 11) is 0. The first-order valence-electron chi connectivity index (χ1n) is 11.0. The monoisotopic (exact) mass is 408 g/mol. The van der Waals surface area contributed by atoms with Crippen molar-refractivity contribution < 1.29 is 19.1 Å². The minimum absolute atomic E-state index is 0.0315. The SMILES string of the molecule is CC(=O)[C@H]1CC[C@H]2[C@@H]3CC[C@H]4CC(=O)CC[C@]4(C)[C@H]3[C@@H](OC(=O)CCl)C[C@]12C. The van der Waals surface area contributed by atoms with E-state index in [0.717, 1.165) is 38.5 Å². The minimum Gasteiger partial charge on any atom is -0.461 e. The minimum atomic E-state index is -0.359. The summed E-state index contributed by atoms with van der Waals surface area (Å²) in [6.07, 6.45) is 6.98. The van der Waals surface area contributed by atoms with Crippen LogP contribution in [-0.4, -0.2) is 29.5 Å². The molecule has 0 saturated heterocycles. The summed E-state index contributed by atoms with van der Waals surface area (Å²) in [5.41, 5.74) is -0.0678. The predicted molar refractivity (Wildman–Crippen MR) is 107 cm³/mol. The Bertz CT molecular complexity index is 690. The summed E-state index contributed by atoms with van der Waals surface area (Å²) >= 11 is 5.79. The zero-order valence-corrected chi connectivity index (χ0v) is 18.1. The smallest absolute Gasteiger partial charge is 0.321 e. The number of carbonyl (C=O) groups excluding carboxylic acids is 3. The number of hydrogen-bond acceptors (Lipinski definition) is 4. The van der Waals surface area contributed by atoms with Crippen molar-refractivity contribution in [3.63, 3.8) is 0 Å². The van der Waals surface area contributed by atoms with E-state index in [9.17, 15) is 14.4 Å². The number of hydrogen-bond donors (Lipinski definition) is 0. The first-order chi connectivity index (χ1) is 13.2. The molecule has 0 aromatic rings. The number of rotatable bonds is 3. The third-order valence-corrected chi connectivity index (χ3v) is 9.49. The summed E-state index contributed by atoms with van der Waals surface area (Å²) in [4.78, 5) is 36.8. The molecule has 4 rings (SSSR count). The molecule has 4 aliphatic rings. The van der Waals surface area contributed by atoms with Gasteiger partial charge in [0.05, 0.1) is 0 Å². The van der Waals surface area contributed by atoms with Crippen LogP contribution in [0.3, 0.4) is 0 Å². The third-order valence-electron chi connectivity index (χ3n) is 9.27. The third kappa shape index (κ3) is 2.97. The molecular formula is C23H33ClO4. The van der Waals surface area contributed by atoms with Gasteiger partial charge in [0.1, 0.15) is 23.6 Å².